The topological polar surface area (TPSA) is 116 Å². The van der Waals surface area contributed by atoms with Crippen LogP contribution in [0.4, 0.5) is 0 Å². The first kappa shape index (κ1) is 23.9. The first-order valence-corrected chi connectivity index (χ1v) is 10.7. The van der Waals surface area contributed by atoms with Crippen molar-refractivity contribution in [2.75, 3.05) is 19.8 Å². The zero-order valence-electron chi connectivity index (χ0n) is 18.6. The van der Waals surface area contributed by atoms with Gasteiger partial charge in [0.1, 0.15) is 19.0 Å². The maximum Gasteiger partial charge on any atom is 0.333 e. The van der Waals surface area contributed by atoms with Crippen LogP contribution in [0.2, 0.25) is 0 Å². The van der Waals surface area contributed by atoms with Gasteiger partial charge in [-0.1, -0.05) is 42.4 Å². The molecule has 3 rings (SSSR count). The van der Waals surface area contributed by atoms with Crippen molar-refractivity contribution >= 4 is 11.7 Å². The molecule has 1 N–H and O–H groups in total. The van der Waals surface area contributed by atoms with Gasteiger partial charge in [-0.25, -0.2) is 4.79 Å². The number of carbonyl (C=O) groups is 1. The molecule has 9 heteroatoms. The highest BCUT2D eigenvalue weighted by Gasteiger charge is 2.19. The lowest BCUT2D eigenvalue weighted by Crippen LogP contribution is -2.26. The third-order valence-corrected chi connectivity index (χ3v) is 4.53. The SMILES string of the molecule is CCCON=C(COc1ccc(CC(OCC)C(=O)O)cc1)c1nnc(-c2ccccc2)o1. The van der Waals surface area contributed by atoms with Crippen molar-refractivity contribution in [2.45, 2.75) is 32.8 Å². The molecule has 0 fully saturated rings. The Bertz CT molecular complexity index is 1030. The van der Waals surface area contributed by atoms with Gasteiger partial charge in [0.2, 0.25) is 5.89 Å². The maximum absolute atomic E-state index is 11.3. The minimum Gasteiger partial charge on any atom is -0.487 e. The molecule has 1 atom stereocenters. The van der Waals surface area contributed by atoms with Crippen LogP contribution >= 0.6 is 0 Å². The molecule has 0 bridgehead atoms. The number of ether oxygens (including phenoxy) is 2. The van der Waals surface area contributed by atoms with Crippen molar-refractivity contribution < 1.29 is 28.6 Å². The zero-order chi connectivity index (χ0) is 23.5. The van der Waals surface area contributed by atoms with Gasteiger partial charge in [-0.3, -0.25) is 0 Å². The largest absolute Gasteiger partial charge is 0.487 e. The average Bonchev–Trinajstić information content (AvgIpc) is 3.32. The number of aliphatic carboxylic acids is 1. The molecule has 1 heterocycles. The summed E-state index contributed by atoms with van der Waals surface area (Å²) in [6, 6.07) is 16.5. The number of aromatic nitrogens is 2. The standard InChI is InChI=1S/C24H27N3O6/c1-3-14-32-27-20(23-26-25-22(33-23)18-8-6-5-7-9-18)16-31-19-12-10-17(11-13-19)15-21(24(28)29)30-4-2/h5-13,21H,3-4,14-16H2,1-2H3,(H,28,29). The average molecular weight is 453 g/mol. The molecule has 2 aromatic carbocycles. The molecular formula is C24H27N3O6. The van der Waals surface area contributed by atoms with E-state index in [9.17, 15) is 9.90 Å². The first-order chi connectivity index (χ1) is 16.1. The van der Waals surface area contributed by atoms with Crippen LogP contribution in [-0.2, 0) is 20.8 Å². The van der Waals surface area contributed by atoms with E-state index in [1.54, 1.807) is 31.2 Å². The van der Waals surface area contributed by atoms with Gasteiger partial charge in [0, 0.05) is 18.6 Å². The second kappa shape index (κ2) is 12.4. The maximum atomic E-state index is 11.3. The lowest BCUT2D eigenvalue weighted by molar-refractivity contribution is -0.149. The molecule has 1 unspecified atom stereocenters. The smallest absolute Gasteiger partial charge is 0.333 e. The number of benzene rings is 2. The Labute approximate surface area is 192 Å². The fourth-order valence-corrected chi connectivity index (χ4v) is 2.89. The highest BCUT2D eigenvalue weighted by molar-refractivity contribution is 5.97. The minimum atomic E-state index is -0.987. The fourth-order valence-electron chi connectivity index (χ4n) is 2.89. The first-order valence-electron chi connectivity index (χ1n) is 10.7. The van der Waals surface area contributed by atoms with Gasteiger partial charge in [-0.2, -0.15) is 0 Å². The van der Waals surface area contributed by atoms with Crippen LogP contribution in [0, 0.1) is 0 Å². The van der Waals surface area contributed by atoms with Crippen molar-refractivity contribution in [3.8, 4) is 17.2 Å². The Kier molecular flexibility index (Phi) is 8.96. The van der Waals surface area contributed by atoms with E-state index >= 15 is 0 Å². The quantitative estimate of drug-likeness (QED) is 0.235. The van der Waals surface area contributed by atoms with E-state index in [4.69, 9.17) is 18.7 Å². The molecular weight excluding hydrogens is 426 g/mol. The number of carboxylic acids is 1. The van der Waals surface area contributed by atoms with Gasteiger partial charge in [-0.15, -0.1) is 10.2 Å². The predicted octanol–water partition coefficient (Wildman–Crippen LogP) is 3.98. The summed E-state index contributed by atoms with van der Waals surface area (Å²) in [6.45, 7) is 4.58. The Morgan fingerprint density at radius 2 is 1.85 bits per heavy atom. The Morgan fingerprint density at radius 1 is 1.09 bits per heavy atom. The lowest BCUT2D eigenvalue weighted by Gasteiger charge is -2.13. The highest BCUT2D eigenvalue weighted by atomic mass is 16.6. The van der Waals surface area contributed by atoms with E-state index in [1.165, 1.54) is 0 Å². The molecule has 0 spiro atoms. The molecule has 1 aromatic heterocycles. The molecule has 3 aromatic rings. The van der Waals surface area contributed by atoms with Crippen molar-refractivity contribution in [3.63, 3.8) is 0 Å². The Morgan fingerprint density at radius 3 is 2.52 bits per heavy atom. The van der Waals surface area contributed by atoms with Crippen LogP contribution in [0.5, 0.6) is 5.75 Å². The molecule has 33 heavy (non-hydrogen) atoms. The third kappa shape index (κ3) is 7.15. The van der Waals surface area contributed by atoms with Crippen LogP contribution in [0.25, 0.3) is 11.5 Å². The lowest BCUT2D eigenvalue weighted by atomic mass is 10.1. The van der Waals surface area contributed by atoms with Gasteiger partial charge in [-0.05, 0) is 43.2 Å². The molecule has 9 nitrogen and oxygen atoms in total. The number of nitrogens with zero attached hydrogens (tertiary/aromatic N) is 3. The number of carboxylic acid groups (broad SMARTS) is 1. The van der Waals surface area contributed by atoms with Gasteiger partial charge in [0.15, 0.2) is 11.8 Å². The zero-order valence-corrected chi connectivity index (χ0v) is 18.6. The summed E-state index contributed by atoms with van der Waals surface area (Å²) >= 11 is 0. The second-order valence-electron chi connectivity index (χ2n) is 7.07. The predicted molar refractivity (Wildman–Crippen MR) is 121 cm³/mol. The van der Waals surface area contributed by atoms with E-state index in [2.05, 4.69) is 15.4 Å². The molecule has 0 radical (unpaired) electrons. The highest BCUT2D eigenvalue weighted by Crippen LogP contribution is 2.19. The van der Waals surface area contributed by atoms with E-state index in [-0.39, 0.29) is 18.9 Å². The number of oxime groups is 1. The monoisotopic (exact) mass is 453 g/mol. The molecule has 0 saturated heterocycles. The van der Waals surface area contributed by atoms with Crippen molar-refractivity contribution in [1.82, 2.24) is 10.2 Å². The molecule has 0 aliphatic carbocycles. The van der Waals surface area contributed by atoms with E-state index in [0.717, 1.165) is 17.5 Å². The summed E-state index contributed by atoms with van der Waals surface area (Å²) in [7, 11) is 0. The van der Waals surface area contributed by atoms with Crippen LogP contribution in [-0.4, -0.2) is 52.9 Å². The van der Waals surface area contributed by atoms with Crippen molar-refractivity contribution in [2.24, 2.45) is 5.16 Å². The fraction of sp³-hybridized carbons (Fsp3) is 0.333. The van der Waals surface area contributed by atoms with Gasteiger partial charge in [0.05, 0.1) is 0 Å². The van der Waals surface area contributed by atoms with Crippen LogP contribution in [0.3, 0.4) is 0 Å². The van der Waals surface area contributed by atoms with Crippen LogP contribution < -0.4 is 4.74 Å². The summed E-state index contributed by atoms with van der Waals surface area (Å²) in [6.07, 6.45) is 0.190. The van der Waals surface area contributed by atoms with E-state index < -0.39 is 12.1 Å². The second-order valence-corrected chi connectivity index (χ2v) is 7.07. The Hall–Kier alpha value is -3.72. The van der Waals surface area contributed by atoms with E-state index in [1.807, 2.05) is 37.3 Å². The number of hydrogen-bond acceptors (Lipinski definition) is 8. The molecule has 0 aliphatic rings. The molecule has 0 amide bonds. The minimum absolute atomic E-state index is 0.0518. The van der Waals surface area contributed by atoms with Crippen molar-refractivity contribution in [1.29, 1.82) is 0 Å². The van der Waals surface area contributed by atoms with Gasteiger partial charge >= 0.3 is 5.97 Å². The molecule has 0 aliphatic heterocycles. The summed E-state index contributed by atoms with van der Waals surface area (Å²) in [4.78, 5) is 16.6. The van der Waals surface area contributed by atoms with Crippen molar-refractivity contribution in [3.05, 3.63) is 66.1 Å². The molecule has 174 valence electrons. The normalized spacial score (nSPS) is 12.4. The third-order valence-electron chi connectivity index (χ3n) is 4.53. The summed E-state index contributed by atoms with van der Waals surface area (Å²) < 4.78 is 16.9. The van der Waals surface area contributed by atoms with Crippen LogP contribution in [0.1, 0.15) is 31.7 Å². The van der Waals surface area contributed by atoms with E-state index in [0.29, 0.717) is 30.6 Å². The number of hydrogen-bond donors (Lipinski definition) is 1. The van der Waals surface area contributed by atoms with Crippen LogP contribution in [0.15, 0.2) is 64.2 Å². The summed E-state index contributed by atoms with van der Waals surface area (Å²) in [5, 5.41) is 21.5. The summed E-state index contributed by atoms with van der Waals surface area (Å²) in [5.74, 6) is 0.176. The Balaban J connectivity index is 1.67. The van der Waals surface area contributed by atoms with Gasteiger partial charge in [0.25, 0.3) is 5.89 Å². The number of rotatable bonds is 13. The van der Waals surface area contributed by atoms with Gasteiger partial charge < -0.3 is 23.8 Å². The summed E-state index contributed by atoms with van der Waals surface area (Å²) in [5.41, 5.74) is 1.99. The molecule has 0 saturated carbocycles.